The number of rotatable bonds is 6. The number of para-hydroxylation sites is 2. The molecule has 0 aromatic heterocycles. The van der Waals surface area contributed by atoms with Gasteiger partial charge in [-0.1, -0.05) is 29.8 Å². The lowest BCUT2D eigenvalue weighted by molar-refractivity contribution is -0.274. The van der Waals surface area contributed by atoms with Crippen LogP contribution >= 0.6 is 0 Å². The molecule has 0 aliphatic heterocycles. The van der Waals surface area contributed by atoms with Crippen molar-refractivity contribution in [3.8, 4) is 5.75 Å². The average Bonchev–Trinajstić information content (AvgIpc) is 2.74. The molecule has 32 heavy (non-hydrogen) atoms. The lowest BCUT2D eigenvalue weighted by Crippen LogP contribution is -2.26. The van der Waals surface area contributed by atoms with E-state index in [4.69, 9.17) is 0 Å². The van der Waals surface area contributed by atoms with Gasteiger partial charge in [-0.3, -0.25) is 9.10 Å². The van der Waals surface area contributed by atoms with E-state index in [2.05, 4.69) is 10.1 Å². The van der Waals surface area contributed by atoms with Crippen molar-refractivity contribution in [2.24, 2.45) is 0 Å². The summed E-state index contributed by atoms with van der Waals surface area (Å²) in [6.07, 6.45) is -4.91. The fraction of sp³-hybridized carbons (Fsp3) is 0.136. The summed E-state index contributed by atoms with van der Waals surface area (Å²) < 4.78 is 68.2. The second kappa shape index (κ2) is 8.91. The summed E-state index contributed by atoms with van der Waals surface area (Å²) in [4.78, 5) is 12.6. The molecule has 0 heterocycles. The molecule has 1 amide bonds. The SMILES string of the molecule is Cc1ccc(S(=O)(=O)N(C)c2ccc(C(=O)Nc3ccccc3OC(F)(F)F)cc2)cc1. The molecule has 0 aliphatic rings. The van der Waals surface area contributed by atoms with Gasteiger partial charge in [0.25, 0.3) is 15.9 Å². The number of carbonyl (C=O) groups is 1. The predicted molar refractivity (Wildman–Crippen MR) is 114 cm³/mol. The Bertz CT molecular complexity index is 1210. The number of amides is 1. The predicted octanol–water partition coefficient (Wildman–Crippen LogP) is 4.97. The molecule has 1 N–H and O–H groups in total. The monoisotopic (exact) mass is 464 g/mol. The van der Waals surface area contributed by atoms with Crippen molar-refractivity contribution in [3.05, 3.63) is 83.9 Å². The Morgan fingerprint density at radius 3 is 2.12 bits per heavy atom. The summed E-state index contributed by atoms with van der Waals surface area (Å²) in [6.45, 7) is 1.84. The van der Waals surface area contributed by atoms with Crippen LogP contribution in [0, 0.1) is 6.92 Å². The molecule has 0 aliphatic carbocycles. The first-order chi connectivity index (χ1) is 15.0. The van der Waals surface area contributed by atoms with Gasteiger partial charge in [0.1, 0.15) is 0 Å². The van der Waals surface area contributed by atoms with Crippen LogP contribution in [0.4, 0.5) is 24.5 Å². The lowest BCUT2D eigenvalue weighted by Gasteiger charge is -2.20. The Hall–Kier alpha value is -3.53. The topological polar surface area (TPSA) is 75.7 Å². The number of nitrogens with zero attached hydrogens (tertiary/aromatic N) is 1. The van der Waals surface area contributed by atoms with Gasteiger partial charge in [0.15, 0.2) is 5.75 Å². The molecular weight excluding hydrogens is 445 g/mol. The molecule has 0 saturated carbocycles. The molecule has 3 aromatic carbocycles. The summed E-state index contributed by atoms with van der Waals surface area (Å²) in [5, 5.41) is 2.36. The van der Waals surface area contributed by atoms with Gasteiger partial charge in [-0.25, -0.2) is 8.42 Å². The minimum atomic E-state index is -4.91. The Morgan fingerprint density at radius 2 is 1.53 bits per heavy atom. The maximum absolute atomic E-state index is 12.8. The largest absolute Gasteiger partial charge is 0.573 e. The van der Waals surface area contributed by atoms with Crippen LogP contribution in [0.3, 0.4) is 0 Å². The molecule has 0 atom stereocenters. The van der Waals surface area contributed by atoms with Gasteiger partial charge in [0.05, 0.1) is 16.3 Å². The van der Waals surface area contributed by atoms with E-state index >= 15 is 0 Å². The number of halogens is 3. The van der Waals surface area contributed by atoms with Crippen molar-refractivity contribution in [2.75, 3.05) is 16.7 Å². The molecule has 3 rings (SSSR count). The second-order valence-corrected chi connectivity index (χ2v) is 8.80. The van der Waals surface area contributed by atoms with E-state index in [1.165, 1.54) is 61.6 Å². The van der Waals surface area contributed by atoms with Crippen molar-refractivity contribution in [1.82, 2.24) is 0 Å². The van der Waals surface area contributed by atoms with Crippen LogP contribution in [0.1, 0.15) is 15.9 Å². The first-order valence-corrected chi connectivity index (χ1v) is 10.7. The number of anilines is 2. The highest BCUT2D eigenvalue weighted by Gasteiger charge is 2.32. The zero-order valence-electron chi connectivity index (χ0n) is 17.1. The van der Waals surface area contributed by atoms with Gasteiger partial charge in [-0.15, -0.1) is 13.2 Å². The quantitative estimate of drug-likeness (QED) is 0.559. The van der Waals surface area contributed by atoms with Gasteiger partial charge in [0.2, 0.25) is 0 Å². The maximum Gasteiger partial charge on any atom is 0.573 e. The summed E-state index contributed by atoms with van der Waals surface area (Å²) >= 11 is 0. The van der Waals surface area contributed by atoms with E-state index in [9.17, 15) is 26.4 Å². The summed E-state index contributed by atoms with van der Waals surface area (Å²) in [7, 11) is -2.42. The van der Waals surface area contributed by atoms with Gasteiger partial charge in [-0.2, -0.15) is 0 Å². The molecule has 0 bridgehead atoms. The Morgan fingerprint density at radius 1 is 0.938 bits per heavy atom. The molecule has 10 heteroatoms. The molecule has 6 nitrogen and oxygen atoms in total. The number of ether oxygens (including phenoxy) is 1. The van der Waals surface area contributed by atoms with Gasteiger partial charge < -0.3 is 10.1 Å². The number of carbonyl (C=O) groups excluding carboxylic acids is 1. The molecule has 168 valence electrons. The van der Waals surface area contributed by atoms with E-state index < -0.39 is 28.0 Å². The second-order valence-electron chi connectivity index (χ2n) is 6.83. The Kier molecular flexibility index (Phi) is 6.45. The van der Waals surface area contributed by atoms with Crippen LogP contribution in [0.5, 0.6) is 5.75 Å². The minimum absolute atomic E-state index is 0.119. The first-order valence-electron chi connectivity index (χ1n) is 9.29. The standard InChI is InChI=1S/C22H19F3N2O4S/c1-15-7-13-18(14-8-15)32(29,30)27(2)17-11-9-16(10-12-17)21(28)26-19-5-3-4-6-20(19)31-22(23,24)25/h3-14H,1-2H3,(H,26,28). The Balaban J connectivity index is 1.77. The number of hydrogen-bond acceptors (Lipinski definition) is 4. The van der Waals surface area contributed by atoms with E-state index in [-0.39, 0.29) is 16.1 Å². The first kappa shape index (κ1) is 23.1. The van der Waals surface area contributed by atoms with Crippen molar-refractivity contribution in [2.45, 2.75) is 18.2 Å². The normalized spacial score (nSPS) is 11.7. The van der Waals surface area contributed by atoms with Crippen molar-refractivity contribution in [1.29, 1.82) is 0 Å². The van der Waals surface area contributed by atoms with Crippen molar-refractivity contribution >= 4 is 27.3 Å². The third-order valence-electron chi connectivity index (χ3n) is 4.53. The molecule has 0 radical (unpaired) electrons. The summed E-state index contributed by atoms with van der Waals surface area (Å²) in [5.74, 6) is -1.23. The molecule has 0 fully saturated rings. The zero-order chi connectivity index (χ0) is 23.5. The van der Waals surface area contributed by atoms with E-state index in [0.29, 0.717) is 5.69 Å². The summed E-state index contributed by atoms with van der Waals surface area (Å²) in [6, 6.07) is 17.1. The third kappa shape index (κ3) is 5.38. The van der Waals surface area contributed by atoms with E-state index in [0.717, 1.165) is 15.9 Å². The maximum atomic E-state index is 12.8. The van der Waals surface area contributed by atoms with Gasteiger partial charge in [-0.05, 0) is 55.5 Å². The highest BCUT2D eigenvalue weighted by atomic mass is 32.2. The van der Waals surface area contributed by atoms with Crippen LogP contribution in [0.15, 0.2) is 77.7 Å². The smallest absolute Gasteiger partial charge is 0.404 e. The van der Waals surface area contributed by atoms with E-state index in [1.807, 2.05) is 6.92 Å². The minimum Gasteiger partial charge on any atom is -0.404 e. The van der Waals surface area contributed by atoms with E-state index in [1.54, 1.807) is 12.1 Å². The molecule has 0 unspecified atom stereocenters. The highest BCUT2D eigenvalue weighted by Crippen LogP contribution is 2.30. The fourth-order valence-corrected chi connectivity index (χ4v) is 4.00. The molecule has 3 aromatic rings. The van der Waals surface area contributed by atoms with Crippen LogP contribution < -0.4 is 14.4 Å². The highest BCUT2D eigenvalue weighted by molar-refractivity contribution is 7.92. The van der Waals surface area contributed by atoms with Crippen LogP contribution in [-0.2, 0) is 10.0 Å². The van der Waals surface area contributed by atoms with Crippen molar-refractivity contribution in [3.63, 3.8) is 0 Å². The number of aryl methyl sites for hydroxylation is 1. The summed E-state index contributed by atoms with van der Waals surface area (Å²) in [5.41, 5.74) is 1.20. The Labute approximate surface area is 183 Å². The molecule has 0 saturated heterocycles. The van der Waals surface area contributed by atoms with Crippen molar-refractivity contribution < 1.29 is 31.1 Å². The number of sulfonamides is 1. The number of nitrogens with one attached hydrogen (secondary N) is 1. The lowest BCUT2D eigenvalue weighted by atomic mass is 10.2. The molecule has 0 spiro atoms. The van der Waals surface area contributed by atoms with Gasteiger partial charge >= 0.3 is 6.36 Å². The number of benzene rings is 3. The zero-order valence-corrected chi connectivity index (χ0v) is 17.9. The van der Waals surface area contributed by atoms with Crippen LogP contribution in [0.25, 0.3) is 0 Å². The molecular formula is C22H19F3N2O4S. The van der Waals surface area contributed by atoms with Crippen LogP contribution in [0.2, 0.25) is 0 Å². The van der Waals surface area contributed by atoms with Crippen LogP contribution in [-0.4, -0.2) is 27.7 Å². The third-order valence-corrected chi connectivity index (χ3v) is 6.33. The number of alkyl halides is 3. The van der Waals surface area contributed by atoms with Gasteiger partial charge in [0, 0.05) is 12.6 Å². The fourth-order valence-electron chi connectivity index (χ4n) is 2.81. The number of hydrogen-bond donors (Lipinski definition) is 1. The average molecular weight is 464 g/mol.